The van der Waals surface area contributed by atoms with E-state index in [-0.39, 0.29) is 5.69 Å². The van der Waals surface area contributed by atoms with Gasteiger partial charge in [0, 0.05) is 22.5 Å². The number of benzene rings is 1. The van der Waals surface area contributed by atoms with E-state index in [1.807, 2.05) is 12.1 Å². The molecule has 0 fully saturated rings. The van der Waals surface area contributed by atoms with Crippen molar-refractivity contribution < 1.29 is 4.92 Å². The van der Waals surface area contributed by atoms with Crippen LogP contribution in [-0.2, 0) is 6.42 Å². The zero-order chi connectivity index (χ0) is 13.8. The third-order valence-corrected chi connectivity index (χ3v) is 4.00. The number of anilines is 1. The summed E-state index contributed by atoms with van der Waals surface area (Å²) >= 11 is 13.1. The largest absolute Gasteiger partial charge is 0.379 e. The number of rotatable bonds is 5. The average molecular weight is 317 g/mol. The summed E-state index contributed by atoms with van der Waals surface area (Å²) in [5.41, 5.74) is 0.453. The number of hydrogen-bond acceptors (Lipinski definition) is 4. The molecule has 2 aromatic rings. The first kappa shape index (κ1) is 14.1. The summed E-state index contributed by atoms with van der Waals surface area (Å²) in [4.78, 5) is 11.6. The molecule has 0 spiro atoms. The van der Waals surface area contributed by atoms with E-state index in [9.17, 15) is 10.1 Å². The molecular formula is C12H10Cl2N2O2S. The monoisotopic (exact) mass is 316 g/mol. The van der Waals surface area contributed by atoms with Crippen molar-refractivity contribution in [3.05, 3.63) is 54.7 Å². The van der Waals surface area contributed by atoms with E-state index in [1.54, 1.807) is 12.1 Å². The minimum Gasteiger partial charge on any atom is -0.379 e. The van der Waals surface area contributed by atoms with Crippen molar-refractivity contribution in [2.75, 3.05) is 11.9 Å². The molecule has 0 aliphatic heterocycles. The van der Waals surface area contributed by atoms with Crippen molar-refractivity contribution in [1.29, 1.82) is 0 Å². The van der Waals surface area contributed by atoms with Gasteiger partial charge in [-0.25, -0.2) is 0 Å². The van der Waals surface area contributed by atoms with Gasteiger partial charge in [0.25, 0.3) is 5.69 Å². The Morgan fingerprint density at radius 2 is 2.05 bits per heavy atom. The van der Waals surface area contributed by atoms with Crippen LogP contribution in [0.4, 0.5) is 11.4 Å². The summed E-state index contributed by atoms with van der Waals surface area (Å²) in [6.45, 7) is 0.597. The number of halogens is 2. The second-order valence-corrected chi connectivity index (χ2v) is 6.04. The van der Waals surface area contributed by atoms with Gasteiger partial charge in [-0.3, -0.25) is 10.1 Å². The number of hydrogen-bond donors (Lipinski definition) is 1. The fraction of sp³-hybridized carbons (Fsp3) is 0.167. The average Bonchev–Trinajstić information content (AvgIpc) is 2.77. The number of thiophene rings is 1. The quantitative estimate of drug-likeness (QED) is 0.647. The standard InChI is InChI=1S/C12H10Cl2N2O2S/c13-8-1-3-10(11(7-8)16(17)18)15-6-5-9-2-4-12(14)19-9/h1-4,7,15H,5-6H2. The normalized spacial score (nSPS) is 10.4. The third-order valence-electron chi connectivity index (χ3n) is 2.47. The number of nitrogens with one attached hydrogen (secondary N) is 1. The predicted octanol–water partition coefficient (Wildman–Crippen LogP) is 4.62. The van der Waals surface area contributed by atoms with Gasteiger partial charge in [0.2, 0.25) is 0 Å². The highest BCUT2D eigenvalue weighted by molar-refractivity contribution is 7.16. The summed E-state index contributed by atoms with van der Waals surface area (Å²) < 4.78 is 0.743. The van der Waals surface area contributed by atoms with Crippen molar-refractivity contribution in [3.63, 3.8) is 0 Å². The van der Waals surface area contributed by atoms with E-state index in [1.165, 1.54) is 17.4 Å². The molecule has 7 heteroatoms. The van der Waals surface area contributed by atoms with Gasteiger partial charge < -0.3 is 5.32 Å². The van der Waals surface area contributed by atoms with Crippen LogP contribution in [-0.4, -0.2) is 11.5 Å². The van der Waals surface area contributed by atoms with Crippen LogP contribution in [0.15, 0.2) is 30.3 Å². The van der Waals surface area contributed by atoms with Gasteiger partial charge in [-0.15, -0.1) is 11.3 Å². The highest BCUT2D eigenvalue weighted by Crippen LogP contribution is 2.28. The Kier molecular flexibility index (Phi) is 4.63. The number of nitrogens with zero attached hydrogens (tertiary/aromatic N) is 1. The van der Waals surface area contributed by atoms with Crippen molar-refractivity contribution in [3.8, 4) is 0 Å². The molecule has 0 atom stereocenters. The molecule has 0 saturated heterocycles. The zero-order valence-corrected chi connectivity index (χ0v) is 12.1. The molecule has 4 nitrogen and oxygen atoms in total. The van der Waals surface area contributed by atoms with E-state index >= 15 is 0 Å². The molecule has 1 aromatic carbocycles. The van der Waals surface area contributed by atoms with Crippen molar-refractivity contribution >= 4 is 45.9 Å². The smallest absolute Gasteiger partial charge is 0.293 e. The summed E-state index contributed by atoms with van der Waals surface area (Å²) in [7, 11) is 0. The van der Waals surface area contributed by atoms with Gasteiger partial charge >= 0.3 is 0 Å². The summed E-state index contributed by atoms with van der Waals surface area (Å²) in [5, 5.41) is 14.3. The molecule has 0 saturated carbocycles. The Bertz CT molecular complexity index is 601. The van der Waals surface area contributed by atoms with E-state index in [0.717, 1.165) is 15.6 Å². The molecule has 2 rings (SSSR count). The second kappa shape index (κ2) is 6.23. The molecule has 1 heterocycles. The Hall–Kier alpha value is -1.30. The highest BCUT2D eigenvalue weighted by atomic mass is 35.5. The molecule has 19 heavy (non-hydrogen) atoms. The SMILES string of the molecule is O=[N+]([O-])c1cc(Cl)ccc1NCCc1ccc(Cl)s1. The van der Waals surface area contributed by atoms with Gasteiger partial charge in [0.05, 0.1) is 9.26 Å². The topological polar surface area (TPSA) is 55.2 Å². The lowest BCUT2D eigenvalue weighted by Gasteiger charge is -2.06. The van der Waals surface area contributed by atoms with Crippen molar-refractivity contribution in [2.24, 2.45) is 0 Å². The van der Waals surface area contributed by atoms with Crippen LogP contribution in [0.1, 0.15) is 4.88 Å². The van der Waals surface area contributed by atoms with E-state index in [4.69, 9.17) is 23.2 Å². The van der Waals surface area contributed by atoms with Crippen LogP contribution in [0, 0.1) is 10.1 Å². The molecular weight excluding hydrogens is 307 g/mol. The minimum absolute atomic E-state index is 0.0169. The first-order chi connectivity index (χ1) is 9.06. The van der Waals surface area contributed by atoms with Crippen LogP contribution < -0.4 is 5.32 Å². The van der Waals surface area contributed by atoms with Crippen molar-refractivity contribution in [2.45, 2.75) is 6.42 Å². The maximum Gasteiger partial charge on any atom is 0.293 e. The van der Waals surface area contributed by atoms with Crippen LogP contribution in [0.2, 0.25) is 9.36 Å². The Morgan fingerprint density at radius 1 is 1.26 bits per heavy atom. The van der Waals surface area contributed by atoms with Gasteiger partial charge in [0.15, 0.2) is 0 Å². The first-order valence-corrected chi connectivity index (χ1v) is 7.05. The van der Waals surface area contributed by atoms with Gasteiger partial charge in [-0.2, -0.15) is 0 Å². The lowest BCUT2D eigenvalue weighted by molar-refractivity contribution is -0.383. The minimum atomic E-state index is -0.448. The van der Waals surface area contributed by atoms with Gasteiger partial charge in [-0.1, -0.05) is 23.2 Å². The van der Waals surface area contributed by atoms with E-state index in [2.05, 4.69) is 5.32 Å². The van der Waals surface area contributed by atoms with Crippen LogP contribution in [0.5, 0.6) is 0 Å². The summed E-state index contributed by atoms with van der Waals surface area (Å²) in [5.74, 6) is 0. The lowest BCUT2D eigenvalue weighted by Crippen LogP contribution is -2.06. The number of nitro groups is 1. The van der Waals surface area contributed by atoms with Gasteiger partial charge in [0.1, 0.15) is 5.69 Å². The summed E-state index contributed by atoms with van der Waals surface area (Å²) in [6.07, 6.45) is 0.761. The molecule has 1 N–H and O–H groups in total. The molecule has 0 aliphatic rings. The second-order valence-electron chi connectivity index (χ2n) is 3.80. The van der Waals surface area contributed by atoms with Crippen LogP contribution in [0.3, 0.4) is 0 Å². The maximum absolute atomic E-state index is 10.9. The third kappa shape index (κ3) is 3.83. The molecule has 1 aromatic heterocycles. The molecule has 0 bridgehead atoms. The van der Waals surface area contributed by atoms with Gasteiger partial charge in [-0.05, 0) is 30.7 Å². The van der Waals surface area contributed by atoms with Crippen LogP contribution >= 0.6 is 34.5 Å². The predicted molar refractivity (Wildman–Crippen MR) is 79.6 cm³/mol. The lowest BCUT2D eigenvalue weighted by atomic mass is 10.2. The molecule has 0 unspecified atom stereocenters. The fourth-order valence-corrected chi connectivity index (χ4v) is 2.87. The zero-order valence-electron chi connectivity index (χ0n) is 9.73. The molecule has 100 valence electrons. The molecule has 0 aliphatic carbocycles. The summed E-state index contributed by atoms with van der Waals surface area (Å²) in [6, 6.07) is 8.36. The van der Waals surface area contributed by atoms with E-state index in [0.29, 0.717) is 17.3 Å². The Labute approximate surface area is 124 Å². The van der Waals surface area contributed by atoms with Crippen molar-refractivity contribution in [1.82, 2.24) is 0 Å². The highest BCUT2D eigenvalue weighted by Gasteiger charge is 2.13. The Morgan fingerprint density at radius 3 is 2.68 bits per heavy atom. The Balaban J connectivity index is 2.01. The molecule has 0 amide bonds. The number of nitro benzene ring substituents is 1. The maximum atomic E-state index is 10.9. The first-order valence-electron chi connectivity index (χ1n) is 5.48. The van der Waals surface area contributed by atoms with Crippen LogP contribution in [0.25, 0.3) is 0 Å². The van der Waals surface area contributed by atoms with E-state index < -0.39 is 4.92 Å². The molecule has 0 radical (unpaired) electrons. The fourth-order valence-electron chi connectivity index (χ4n) is 1.61.